The van der Waals surface area contributed by atoms with Gasteiger partial charge in [0.1, 0.15) is 6.61 Å². The highest BCUT2D eigenvalue weighted by molar-refractivity contribution is 5.91. The van der Waals surface area contributed by atoms with Gasteiger partial charge < -0.3 is 24.3 Å². The normalized spacial score (nSPS) is 19.7. The Kier molecular flexibility index (Phi) is 4.44. The lowest BCUT2D eigenvalue weighted by Gasteiger charge is -2.31. The summed E-state index contributed by atoms with van der Waals surface area (Å²) in [5.74, 6) is -1.56. The first-order valence-electron chi connectivity index (χ1n) is 10.2. The van der Waals surface area contributed by atoms with Crippen LogP contribution in [-0.2, 0) is 37.8 Å². The molecule has 0 saturated heterocycles. The zero-order chi connectivity index (χ0) is 22.8. The number of cyclic esters (lactones) is 1. The highest BCUT2D eigenvalue weighted by Crippen LogP contribution is 2.39. The van der Waals surface area contributed by atoms with Gasteiger partial charge in [-0.3, -0.25) is 4.79 Å². The molecule has 0 radical (unpaired) electrons. The number of nitrogens with zero attached hydrogens (tertiary/aromatic N) is 2. The van der Waals surface area contributed by atoms with E-state index < -0.39 is 23.6 Å². The minimum atomic E-state index is -1.89. The van der Waals surface area contributed by atoms with Crippen molar-refractivity contribution in [1.82, 2.24) is 9.55 Å². The van der Waals surface area contributed by atoms with Gasteiger partial charge in [0, 0.05) is 22.1 Å². The van der Waals surface area contributed by atoms with E-state index >= 15 is 0 Å². The van der Waals surface area contributed by atoms with E-state index in [0.29, 0.717) is 33.4 Å². The number of esters is 2. The van der Waals surface area contributed by atoms with E-state index in [1.54, 1.807) is 37.3 Å². The maximum absolute atomic E-state index is 13.2. The second-order valence-corrected chi connectivity index (χ2v) is 7.94. The number of fused-ring (bicyclic) bond motifs is 5. The van der Waals surface area contributed by atoms with Crippen LogP contribution in [0, 0.1) is 0 Å². The van der Waals surface area contributed by atoms with E-state index in [9.17, 15) is 24.6 Å². The number of aromatic nitrogens is 2. The Balaban J connectivity index is 1.72. The molecule has 5 rings (SSSR count). The van der Waals surface area contributed by atoms with Crippen molar-refractivity contribution >= 4 is 22.8 Å². The van der Waals surface area contributed by atoms with Crippen molar-refractivity contribution in [3.05, 3.63) is 62.9 Å². The van der Waals surface area contributed by atoms with E-state index in [0.717, 1.165) is 0 Å². The molecule has 2 atom stereocenters. The molecule has 164 valence electrons. The molecule has 2 aromatic heterocycles. The first-order valence-corrected chi connectivity index (χ1v) is 10.2. The molecule has 0 amide bonds. The predicted molar refractivity (Wildman–Crippen MR) is 112 cm³/mol. The van der Waals surface area contributed by atoms with Gasteiger partial charge >= 0.3 is 11.9 Å². The molecule has 0 fully saturated rings. The standard InChI is InChI=1S/C23H20N2O7/c1-3-23(30)15-8-17-18-11(9-25(17)20(27)14(15)10-32-22(23)29)7-13-12(19(26)21(28)31-2)5-4-6-16(13)24-18/h4-8,19,26,30H,3,9-10H2,1-2H3/t19?,23-/m0/s1. The third kappa shape index (κ3) is 2.64. The number of ether oxygens (including phenoxy) is 2. The van der Waals surface area contributed by atoms with Crippen LogP contribution in [0.1, 0.15) is 41.7 Å². The Labute approximate surface area is 181 Å². The van der Waals surface area contributed by atoms with E-state index in [-0.39, 0.29) is 36.3 Å². The molecule has 2 aliphatic heterocycles. The summed E-state index contributed by atoms with van der Waals surface area (Å²) in [6.07, 6.45) is -1.40. The summed E-state index contributed by atoms with van der Waals surface area (Å²) in [5, 5.41) is 21.9. The van der Waals surface area contributed by atoms with Gasteiger partial charge in [-0.2, -0.15) is 0 Å². The molecular formula is C23H20N2O7. The molecule has 1 unspecified atom stereocenters. The minimum absolute atomic E-state index is 0.0640. The average Bonchev–Trinajstić information content (AvgIpc) is 3.17. The van der Waals surface area contributed by atoms with Crippen LogP contribution < -0.4 is 5.56 Å². The number of methoxy groups -OCH3 is 1. The first-order chi connectivity index (χ1) is 15.3. The van der Waals surface area contributed by atoms with E-state index in [2.05, 4.69) is 9.72 Å². The largest absolute Gasteiger partial charge is 0.467 e. The van der Waals surface area contributed by atoms with E-state index in [1.807, 2.05) is 0 Å². The number of benzene rings is 1. The zero-order valence-corrected chi connectivity index (χ0v) is 17.4. The summed E-state index contributed by atoms with van der Waals surface area (Å²) in [7, 11) is 1.20. The molecule has 0 bridgehead atoms. The summed E-state index contributed by atoms with van der Waals surface area (Å²) >= 11 is 0. The molecule has 4 heterocycles. The molecule has 9 heteroatoms. The topological polar surface area (TPSA) is 128 Å². The van der Waals surface area contributed by atoms with Crippen molar-refractivity contribution in [2.75, 3.05) is 7.11 Å². The molecule has 0 spiro atoms. The molecule has 2 aliphatic rings. The van der Waals surface area contributed by atoms with Crippen molar-refractivity contribution in [3.8, 4) is 11.4 Å². The second-order valence-electron chi connectivity index (χ2n) is 7.94. The van der Waals surface area contributed by atoms with Crippen molar-refractivity contribution in [2.45, 2.75) is 38.2 Å². The van der Waals surface area contributed by atoms with E-state index in [1.165, 1.54) is 11.7 Å². The number of carbonyl (C=O) groups is 2. The molecule has 1 aromatic carbocycles. The molecule has 9 nitrogen and oxygen atoms in total. The van der Waals surface area contributed by atoms with E-state index in [4.69, 9.17) is 4.74 Å². The Hall–Kier alpha value is -3.56. The predicted octanol–water partition coefficient (Wildman–Crippen LogP) is 1.29. The summed E-state index contributed by atoms with van der Waals surface area (Å²) in [6.45, 7) is 1.67. The van der Waals surface area contributed by atoms with Gasteiger partial charge in [0.05, 0.1) is 36.1 Å². The fourth-order valence-electron chi connectivity index (χ4n) is 4.50. The maximum Gasteiger partial charge on any atom is 0.343 e. The van der Waals surface area contributed by atoms with Crippen LogP contribution in [0.3, 0.4) is 0 Å². The number of aliphatic hydroxyl groups is 2. The molecular weight excluding hydrogens is 416 g/mol. The van der Waals surface area contributed by atoms with Crippen molar-refractivity contribution in [1.29, 1.82) is 0 Å². The lowest BCUT2D eigenvalue weighted by atomic mass is 9.86. The van der Waals surface area contributed by atoms with Crippen LogP contribution in [0.2, 0.25) is 0 Å². The van der Waals surface area contributed by atoms with Crippen LogP contribution in [-0.4, -0.2) is 38.8 Å². The Bertz CT molecular complexity index is 1380. The lowest BCUT2D eigenvalue weighted by molar-refractivity contribution is -0.172. The highest BCUT2D eigenvalue weighted by atomic mass is 16.6. The van der Waals surface area contributed by atoms with Gasteiger partial charge in [-0.25, -0.2) is 14.6 Å². The van der Waals surface area contributed by atoms with Gasteiger partial charge in [-0.05, 0) is 24.6 Å². The van der Waals surface area contributed by atoms with Crippen molar-refractivity contribution in [2.24, 2.45) is 0 Å². The second kappa shape index (κ2) is 6.98. The molecule has 32 heavy (non-hydrogen) atoms. The fraction of sp³-hybridized carbons (Fsp3) is 0.304. The smallest absolute Gasteiger partial charge is 0.343 e. The summed E-state index contributed by atoms with van der Waals surface area (Å²) < 4.78 is 11.3. The van der Waals surface area contributed by atoms with Crippen LogP contribution in [0.15, 0.2) is 35.1 Å². The van der Waals surface area contributed by atoms with Crippen molar-refractivity contribution < 1.29 is 29.3 Å². The summed E-state index contributed by atoms with van der Waals surface area (Å²) in [5.41, 5.74) is 0.876. The number of hydrogen-bond donors (Lipinski definition) is 2. The van der Waals surface area contributed by atoms with Crippen LogP contribution in [0.4, 0.5) is 0 Å². The average molecular weight is 436 g/mol. The Morgan fingerprint density at radius 1 is 1.34 bits per heavy atom. The number of rotatable bonds is 3. The molecule has 3 aromatic rings. The number of carbonyl (C=O) groups excluding carboxylic acids is 2. The zero-order valence-electron chi connectivity index (χ0n) is 17.4. The quantitative estimate of drug-likeness (QED) is 0.460. The van der Waals surface area contributed by atoms with Gasteiger partial charge in [-0.1, -0.05) is 19.1 Å². The van der Waals surface area contributed by atoms with Crippen LogP contribution in [0.25, 0.3) is 22.3 Å². The lowest BCUT2D eigenvalue weighted by Crippen LogP contribution is -2.44. The number of hydrogen-bond acceptors (Lipinski definition) is 8. The molecule has 0 aliphatic carbocycles. The minimum Gasteiger partial charge on any atom is -0.467 e. The first kappa shape index (κ1) is 20.3. The van der Waals surface area contributed by atoms with Gasteiger partial charge in [0.2, 0.25) is 0 Å². The molecule has 2 N–H and O–H groups in total. The van der Waals surface area contributed by atoms with Gasteiger partial charge in [0.25, 0.3) is 5.56 Å². The highest BCUT2D eigenvalue weighted by Gasteiger charge is 2.45. The third-order valence-electron chi connectivity index (χ3n) is 6.30. The van der Waals surface area contributed by atoms with Crippen LogP contribution >= 0.6 is 0 Å². The SMILES string of the molecule is CC[C@@]1(O)C(=O)OCc2c1cc1n(c2=O)Cc2cc3c(C(O)C(=O)OC)cccc3nc2-1. The Morgan fingerprint density at radius 3 is 2.84 bits per heavy atom. The number of aliphatic hydroxyl groups excluding tert-OH is 1. The number of pyridine rings is 2. The molecule has 0 saturated carbocycles. The van der Waals surface area contributed by atoms with Gasteiger partial charge in [-0.15, -0.1) is 0 Å². The van der Waals surface area contributed by atoms with Gasteiger partial charge in [0.15, 0.2) is 11.7 Å². The summed E-state index contributed by atoms with van der Waals surface area (Å²) in [6, 6.07) is 8.46. The third-order valence-corrected chi connectivity index (χ3v) is 6.30. The van der Waals surface area contributed by atoms with Crippen molar-refractivity contribution in [3.63, 3.8) is 0 Å². The Morgan fingerprint density at radius 2 is 2.12 bits per heavy atom. The monoisotopic (exact) mass is 436 g/mol. The maximum atomic E-state index is 13.2. The summed E-state index contributed by atoms with van der Waals surface area (Å²) in [4.78, 5) is 42.0. The van der Waals surface area contributed by atoms with Crippen LogP contribution in [0.5, 0.6) is 0 Å². The fourth-order valence-corrected chi connectivity index (χ4v) is 4.50.